The van der Waals surface area contributed by atoms with Crippen LogP contribution >= 0.6 is 19.3 Å². The zero-order valence-corrected chi connectivity index (χ0v) is 19.5. The maximum Gasteiger partial charge on any atom is 0.254 e. The minimum absolute atomic E-state index is 0.0393. The average molecular weight is 416 g/mol. The Balaban J connectivity index is 3.24. The van der Waals surface area contributed by atoms with E-state index in [1.165, 1.54) is 0 Å². The van der Waals surface area contributed by atoms with E-state index in [1.54, 1.807) is 24.3 Å². The Hall–Kier alpha value is -0.710. The van der Waals surface area contributed by atoms with Crippen molar-refractivity contribution < 1.29 is 4.79 Å². The van der Waals surface area contributed by atoms with Gasteiger partial charge in [0.05, 0.1) is 0 Å². The molecule has 0 saturated carbocycles. The third-order valence-electron chi connectivity index (χ3n) is 5.11. The number of rotatable bonds is 12. The number of benzene rings is 1. The van der Waals surface area contributed by atoms with E-state index in [4.69, 9.17) is 11.6 Å². The standard InChI is InChI=1S/C20H36ClN4OP/c1-7-23(8-2)27(24(9-3)10-4,25(11-5)12-6)17-22-20(26)18-13-15-19(21)16-14-18/h13-16H,7-12,17H2,1-6H3/p+1. The summed E-state index contributed by atoms with van der Waals surface area (Å²) in [5.74, 6) is -0.0393. The van der Waals surface area contributed by atoms with Gasteiger partial charge in [-0.2, -0.15) is 0 Å². The highest BCUT2D eigenvalue weighted by atomic mass is 35.5. The van der Waals surface area contributed by atoms with Gasteiger partial charge in [-0.15, -0.1) is 14.0 Å². The third kappa shape index (κ3) is 5.65. The van der Waals surface area contributed by atoms with Gasteiger partial charge in [-0.25, -0.2) is 0 Å². The minimum Gasteiger partial charge on any atom is -0.316 e. The Bertz CT molecular complexity index is 526. The van der Waals surface area contributed by atoms with Gasteiger partial charge < -0.3 is 5.32 Å². The summed E-state index contributed by atoms with van der Waals surface area (Å²) < 4.78 is 7.69. The van der Waals surface area contributed by atoms with Crippen LogP contribution in [0.15, 0.2) is 24.3 Å². The molecule has 0 fully saturated rings. The monoisotopic (exact) mass is 415 g/mol. The Labute approximate surface area is 171 Å². The number of nitrogens with one attached hydrogen (secondary N) is 1. The van der Waals surface area contributed by atoms with Crippen molar-refractivity contribution in [3.63, 3.8) is 0 Å². The number of hydrogen-bond donors (Lipinski definition) is 1. The lowest BCUT2D eigenvalue weighted by Gasteiger charge is -2.46. The van der Waals surface area contributed by atoms with Gasteiger partial charge in [-0.1, -0.05) is 11.6 Å². The molecule has 154 valence electrons. The van der Waals surface area contributed by atoms with Crippen LogP contribution in [0.5, 0.6) is 0 Å². The van der Waals surface area contributed by atoms with Gasteiger partial charge in [0, 0.05) is 49.9 Å². The molecule has 0 bridgehead atoms. The maximum absolute atomic E-state index is 12.8. The summed E-state index contributed by atoms with van der Waals surface area (Å²) in [5, 5.41) is 3.89. The summed E-state index contributed by atoms with van der Waals surface area (Å²) in [6, 6.07) is 7.09. The molecule has 0 spiro atoms. The highest BCUT2D eigenvalue weighted by molar-refractivity contribution is 7.69. The van der Waals surface area contributed by atoms with E-state index in [2.05, 4.69) is 60.9 Å². The Kier molecular flexibility index (Phi) is 10.8. The normalized spacial score (nSPS) is 12.2. The van der Waals surface area contributed by atoms with Crippen LogP contribution in [0.25, 0.3) is 0 Å². The molecule has 5 nitrogen and oxygen atoms in total. The molecule has 7 heteroatoms. The molecule has 1 aromatic carbocycles. The summed E-state index contributed by atoms with van der Waals surface area (Å²) in [7, 11) is -1.87. The second kappa shape index (κ2) is 12.0. The topological polar surface area (TPSA) is 38.8 Å². The van der Waals surface area contributed by atoms with Crippen molar-refractivity contribution in [3.8, 4) is 0 Å². The number of amides is 1. The number of halogens is 1. The fourth-order valence-corrected chi connectivity index (χ4v) is 8.62. The first-order valence-electron chi connectivity index (χ1n) is 10.1. The third-order valence-corrected chi connectivity index (χ3v) is 10.4. The molecule has 1 rings (SSSR count). The van der Waals surface area contributed by atoms with Gasteiger partial charge in [0.25, 0.3) is 5.91 Å². The second-order valence-corrected chi connectivity index (χ2v) is 10.1. The van der Waals surface area contributed by atoms with E-state index in [0.29, 0.717) is 16.9 Å². The first kappa shape index (κ1) is 24.3. The van der Waals surface area contributed by atoms with Crippen LogP contribution < -0.4 is 5.32 Å². The van der Waals surface area contributed by atoms with Crippen molar-refractivity contribution >= 4 is 25.2 Å². The Morgan fingerprint density at radius 2 is 1.19 bits per heavy atom. The van der Waals surface area contributed by atoms with Crippen LogP contribution in [0.3, 0.4) is 0 Å². The molecular formula is C20H37ClN4OP+. The van der Waals surface area contributed by atoms with Crippen LogP contribution in [0.1, 0.15) is 51.9 Å². The lowest BCUT2D eigenvalue weighted by atomic mass is 10.2. The van der Waals surface area contributed by atoms with Gasteiger partial charge in [0.15, 0.2) is 6.29 Å². The summed E-state index contributed by atoms with van der Waals surface area (Å²) in [6.45, 7) is 19.1. The van der Waals surface area contributed by atoms with Crippen LogP contribution in [-0.4, -0.2) is 65.5 Å². The van der Waals surface area contributed by atoms with Crippen LogP contribution in [0.4, 0.5) is 0 Å². The van der Waals surface area contributed by atoms with Crippen molar-refractivity contribution in [3.05, 3.63) is 34.9 Å². The number of nitrogens with zero attached hydrogens (tertiary/aromatic N) is 3. The molecule has 27 heavy (non-hydrogen) atoms. The largest absolute Gasteiger partial charge is 0.316 e. The van der Waals surface area contributed by atoms with Crippen LogP contribution in [0.2, 0.25) is 5.02 Å². The Morgan fingerprint density at radius 3 is 1.52 bits per heavy atom. The quantitative estimate of drug-likeness (QED) is 0.497. The lowest BCUT2D eigenvalue weighted by molar-refractivity contribution is 0.0957. The first-order chi connectivity index (χ1) is 12.9. The van der Waals surface area contributed by atoms with Crippen molar-refractivity contribution in [1.82, 2.24) is 19.3 Å². The van der Waals surface area contributed by atoms with Gasteiger partial charge in [-0.05, 0) is 65.8 Å². The van der Waals surface area contributed by atoms with Crippen LogP contribution in [-0.2, 0) is 0 Å². The summed E-state index contributed by atoms with van der Waals surface area (Å²) in [6.07, 6.45) is 0.652. The fraction of sp³-hybridized carbons (Fsp3) is 0.650. The number of carbonyl (C=O) groups is 1. The van der Waals surface area contributed by atoms with E-state index in [1.807, 2.05) is 0 Å². The molecule has 0 aromatic heterocycles. The molecule has 1 N–H and O–H groups in total. The molecule has 0 aliphatic heterocycles. The SMILES string of the molecule is CCN(CC)[P+](CNC(=O)c1ccc(Cl)cc1)(N(CC)CC)N(CC)CC. The van der Waals surface area contributed by atoms with E-state index in [9.17, 15) is 4.79 Å². The molecule has 0 unspecified atom stereocenters. The molecule has 0 heterocycles. The highest BCUT2D eigenvalue weighted by Crippen LogP contribution is 2.66. The molecule has 1 aromatic rings. The predicted octanol–water partition coefficient (Wildman–Crippen LogP) is 4.82. The smallest absolute Gasteiger partial charge is 0.254 e. The molecule has 0 aliphatic rings. The van der Waals surface area contributed by atoms with Gasteiger partial charge in [0.2, 0.25) is 7.71 Å². The van der Waals surface area contributed by atoms with E-state index >= 15 is 0 Å². The fourth-order valence-electron chi connectivity index (χ4n) is 3.75. The van der Waals surface area contributed by atoms with Crippen molar-refractivity contribution in [2.24, 2.45) is 0 Å². The zero-order chi connectivity index (χ0) is 20.4. The highest BCUT2D eigenvalue weighted by Gasteiger charge is 2.53. The van der Waals surface area contributed by atoms with Crippen LogP contribution in [0, 0.1) is 0 Å². The number of carbonyl (C=O) groups excluding carboxylic acids is 1. The summed E-state index contributed by atoms with van der Waals surface area (Å²) in [5.41, 5.74) is 0.649. The number of hydrogen-bond acceptors (Lipinski definition) is 4. The van der Waals surface area contributed by atoms with E-state index in [-0.39, 0.29) is 5.91 Å². The molecule has 0 saturated heterocycles. The molecule has 0 radical (unpaired) electrons. The van der Waals surface area contributed by atoms with Gasteiger partial charge >= 0.3 is 0 Å². The first-order valence-corrected chi connectivity index (χ1v) is 12.3. The maximum atomic E-state index is 12.8. The second-order valence-electron chi connectivity index (χ2n) is 6.28. The van der Waals surface area contributed by atoms with Gasteiger partial charge in [0.1, 0.15) is 0 Å². The summed E-state index contributed by atoms with van der Waals surface area (Å²) in [4.78, 5) is 12.8. The Morgan fingerprint density at radius 1 is 0.815 bits per heavy atom. The van der Waals surface area contributed by atoms with Crippen molar-refractivity contribution in [1.29, 1.82) is 0 Å². The minimum atomic E-state index is -1.87. The molecule has 0 atom stereocenters. The molecule has 1 amide bonds. The predicted molar refractivity (Wildman–Crippen MR) is 119 cm³/mol. The van der Waals surface area contributed by atoms with E-state index in [0.717, 1.165) is 39.3 Å². The summed E-state index contributed by atoms with van der Waals surface area (Å²) >= 11 is 5.96. The lowest BCUT2D eigenvalue weighted by Crippen LogP contribution is -2.49. The van der Waals surface area contributed by atoms with E-state index < -0.39 is 7.71 Å². The zero-order valence-electron chi connectivity index (χ0n) is 17.8. The average Bonchev–Trinajstić information content (AvgIpc) is 2.69. The molecule has 0 aliphatic carbocycles. The van der Waals surface area contributed by atoms with Crippen molar-refractivity contribution in [2.75, 3.05) is 45.6 Å². The van der Waals surface area contributed by atoms with Crippen molar-refractivity contribution in [2.45, 2.75) is 41.5 Å². The van der Waals surface area contributed by atoms with Gasteiger partial charge in [-0.3, -0.25) is 4.79 Å². The molecular weight excluding hydrogens is 379 g/mol.